The van der Waals surface area contributed by atoms with Gasteiger partial charge in [0.15, 0.2) is 0 Å². The molecule has 1 unspecified atom stereocenters. The normalized spacial score (nSPS) is 41.8. The molecule has 0 heterocycles. The maximum Gasteiger partial charge on any atom is 0.0631 e. The second kappa shape index (κ2) is 3.21. The second-order valence-corrected chi connectivity index (χ2v) is 4.32. The predicted octanol–water partition coefficient (Wildman–Crippen LogP) is 2.50. The number of aliphatic hydroxyl groups is 1. The Labute approximate surface area is 74.5 Å². The van der Waals surface area contributed by atoms with Crippen molar-refractivity contribution in [2.24, 2.45) is 11.8 Å². The van der Waals surface area contributed by atoms with Gasteiger partial charge in [0.25, 0.3) is 0 Å². The molecule has 0 aromatic heterocycles. The summed E-state index contributed by atoms with van der Waals surface area (Å²) in [4.78, 5) is 0. The van der Waals surface area contributed by atoms with Gasteiger partial charge in [-0.05, 0) is 38.0 Å². The molecule has 1 nitrogen and oxygen atoms in total. The minimum absolute atomic E-state index is 0.0506. The van der Waals surface area contributed by atoms with Crippen molar-refractivity contribution < 1.29 is 5.11 Å². The largest absolute Gasteiger partial charge is 0.392 e. The lowest BCUT2D eigenvalue weighted by molar-refractivity contribution is 0.0444. The molecule has 2 rings (SSSR count). The number of hydrogen-bond donors (Lipinski definition) is 1. The van der Waals surface area contributed by atoms with Gasteiger partial charge in [0, 0.05) is 5.92 Å². The van der Waals surface area contributed by atoms with E-state index in [2.05, 4.69) is 13.0 Å². The smallest absolute Gasteiger partial charge is 0.0631 e. The van der Waals surface area contributed by atoms with E-state index in [-0.39, 0.29) is 6.10 Å². The highest BCUT2D eigenvalue weighted by Crippen LogP contribution is 2.39. The van der Waals surface area contributed by atoms with Gasteiger partial charge in [-0.15, -0.1) is 0 Å². The Morgan fingerprint density at radius 2 is 2.25 bits per heavy atom. The van der Waals surface area contributed by atoms with E-state index in [4.69, 9.17) is 0 Å². The molecule has 0 radical (unpaired) electrons. The van der Waals surface area contributed by atoms with Gasteiger partial charge in [0.1, 0.15) is 0 Å². The molecule has 2 aliphatic carbocycles. The van der Waals surface area contributed by atoms with Crippen LogP contribution in [0.25, 0.3) is 0 Å². The lowest BCUT2D eigenvalue weighted by atomic mass is 9.72. The molecule has 0 amide bonds. The molecular formula is C11H18O. The maximum atomic E-state index is 9.93. The van der Waals surface area contributed by atoms with Crippen molar-refractivity contribution in [3.63, 3.8) is 0 Å². The Hall–Kier alpha value is -0.300. The van der Waals surface area contributed by atoms with Crippen LogP contribution >= 0.6 is 0 Å². The van der Waals surface area contributed by atoms with Crippen LogP contribution in [-0.2, 0) is 0 Å². The standard InChI is InChI=1S/C11H18O/c1-8-6-7-9-4-2-3-5-10(9)11(8)12/h4,8,10-12H,2-3,5-7H2,1H3/t8?,10-,11+/m0/s1. The molecule has 0 spiro atoms. The van der Waals surface area contributed by atoms with Crippen LogP contribution in [0.15, 0.2) is 11.6 Å². The van der Waals surface area contributed by atoms with E-state index in [1.54, 1.807) is 5.57 Å². The first kappa shape index (κ1) is 8.31. The molecule has 1 heteroatoms. The van der Waals surface area contributed by atoms with Gasteiger partial charge in [-0.2, -0.15) is 0 Å². The summed E-state index contributed by atoms with van der Waals surface area (Å²) in [5, 5.41) is 9.93. The Morgan fingerprint density at radius 3 is 3.08 bits per heavy atom. The summed E-state index contributed by atoms with van der Waals surface area (Å²) in [6, 6.07) is 0. The maximum absolute atomic E-state index is 9.93. The van der Waals surface area contributed by atoms with E-state index in [1.165, 1.54) is 32.1 Å². The number of fused-ring (bicyclic) bond motifs is 1. The molecule has 0 saturated heterocycles. The highest BCUT2D eigenvalue weighted by molar-refractivity contribution is 5.15. The molecule has 3 atom stereocenters. The summed E-state index contributed by atoms with van der Waals surface area (Å²) in [6.45, 7) is 2.18. The van der Waals surface area contributed by atoms with Gasteiger partial charge in [-0.3, -0.25) is 0 Å². The van der Waals surface area contributed by atoms with Gasteiger partial charge in [-0.25, -0.2) is 0 Å². The predicted molar refractivity (Wildman–Crippen MR) is 49.8 cm³/mol. The fourth-order valence-electron chi connectivity index (χ4n) is 2.60. The van der Waals surface area contributed by atoms with Crippen molar-refractivity contribution in [3.05, 3.63) is 11.6 Å². The van der Waals surface area contributed by atoms with Crippen LogP contribution in [0.4, 0.5) is 0 Å². The molecule has 0 aliphatic heterocycles. The first-order chi connectivity index (χ1) is 5.79. The highest BCUT2D eigenvalue weighted by Gasteiger charge is 2.32. The lowest BCUT2D eigenvalue weighted by Crippen LogP contribution is -2.34. The first-order valence-corrected chi connectivity index (χ1v) is 5.16. The van der Waals surface area contributed by atoms with Crippen LogP contribution in [0.1, 0.15) is 39.0 Å². The van der Waals surface area contributed by atoms with E-state index < -0.39 is 0 Å². The van der Waals surface area contributed by atoms with Crippen LogP contribution in [0.5, 0.6) is 0 Å². The summed E-state index contributed by atoms with van der Waals surface area (Å²) in [7, 11) is 0. The van der Waals surface area contributed by atoms with Crippen molar-refractivity contribution >= 4 is 0 Å². The first-order valence-electron chi connectivity index (χ1n) is 5.16. The van der Waals surface area contributed by atoms with Gasteiger partial charge < -0.3 is 5.11 Å². The molecule has 0 aromatic carbocycles. The Balaban J connectivity index is 2.15. The van der Waals surface area contributed by atoms with E-state index in [0.717, 1.165) is 0 Å². The molecule has 12 heavy (non-hydrogen) atoms. The molecule has 2 aliphatic rings. The van der Waals surface area contributed by atoms with E-state index >= 15 is 0 Å². The summed E-state index contributed by atoms with van der Waals surface area (Å²) in [5.74, 6) is 1.03. The molecule has 0 bridgehead atoms. The van der Waals surface area contributed by atoms with Crippen LogP contribution < -0.4 is 0 Å². The van der Waals surface area contributed by atoms with Crippen molar-refractivity contribution in [2.45, 2.75) is 45.1 Å². The lowest BCUT2D eigenvalue weighted by Gasteiger charge is -2.37. The van der Waals surface area contributed by atoms with Crippen molar-refractivity contribution in [3.8, 4) is 0 Å². The SMILES string of the molecule is CC1CCC2=CCCC[C@@H]2[C@@H]1O. The number of aliphatic hydroxyl groups excluding tert-OH is 1. The van der Waals surface area contributed by atoms with Crippen LogP contribution in [0, 0.1) is 11.8 Å². The number of rotatable bonds is 0. The number of allylic oxidation sites excluding steroid dienone is 1. The third kappa shape index (κ3) is 1.31. The monoisotopic (exact) mass is 166 g/mol. The Bertz CT molecular complexity index is 195. The average Bonchev–Trinajstić information content (AvgIpc) is 2.12. The zero-order valence-electron chi connectivity index (χ0n) is 7.79. The van der Waals surface area contributed by atoms with Crippen molar-refractivity contribution in [1.29, 1.82) is 0 Å². The van der Waals surface area contributed by atoms with E-state index in [1.807, 2.05) is 0 Å². The average molecular weight is 166 g/mol. The number of hydrogen-bond acceptors (Lipinski definition) is 1. The summed E-state index contributed by atoms with van der Waals surface area (Å²) in [5.41, 5.74) is 1.55. The van der Waals surface area contributed by atoms with Crippen molar-refractivity contribution in [2.75, 3.05) is 0 Å². The highest BCUT2D eigenvalue weighted by atomic mass is 16.3. The topological polar surface area (TPSA) is 20.2 Å². The molecule has 1 saturated carbocycles. The van der Waals surface area contributed by atoms with Crippen LogP contribution in [0.2, 0.25) is 0 Å². The second-order valence-electron chi connectivity index (χ2n) is 4.32. The van der Waals surface area contributed by atoms with Crippen LogP contribution in [-0.4, -0.2) is 11.2 Å². The molecule has 1 N–H and O–H groups in total. The van der Waals surface area contributed by atoms with Gasteiger partial charge in [0.05, 0.1) is 6.10 Å². The van der Waals surface area contributed by atoms with Gasteiger partial charge in [-0.1, -0.05) is 18.6 Å². The quantitative estimate of drug-likeness (QED) is 0.548. The Kier molecular flexibility index (Phi) is 2.22. The van der Waals surface area contributed by atoms with E-state index in [9.17, 15) is 5.11 Å². The zero-order valence-corrected chi connectivity index (χ0v) is 7.79. The molecule has 68 valence electrons. The van der Waals surface area contributed by atoms with Crippen LogP contribution in [0.3, 0.4) is 0 Å². The van der Waals surface area contributed by atoms with Crippen molar-refractivity contribution in [1.82, 2.24) is 0 Å². The summed E-state index contributed by atoms with van der Waals surface area (Å²) >= 11 is 0. The molecular weight excluding hydrogens is 148 g/mol. The van der Waals surface area contributed by atoms with E-state index in [0.29, 0.717) is 11.8 Å². The zero-order chi connectivity index (χ0) is 8.55. The van der Waals surface area contributed by atoms with Gasteiger partial charge in [0.2, 0.25) is 0 Å². The minimum atomic E-state index is -0.0506. The third-order valence-corrected chi connectivity index (χ3v) is 3.49. The molecule has 1 fully saturated rings. The minimum Gasteiger partial charge on any atom is -0.392 e. The summed E-state index contributed by atoms with van der Waals surface area (Å²) < 4.78 is 0. The Morgan fingerprint density at radius 1 is 1.42 bits per heavy atom. The fourth-order valence-corrected chi connectivity index (χ4v) is 2.60. The summed E-state index contributed by atoms with van der Waals surface area (Å²) in [6.07, 6.45) is 8.48. The molecule has 0 aromatic rings. The third-order valence-electron chi connectivity index (χ3n) is 3.49. The fraction of sp³-hybridized carbons (Fsp3) is 0.818. The van der Waals surface area contributed by atoms with Gasteiger partial charge >= 0.3 is 0 Å².